The molecule has 0 N–H and O–H groups in total. The molecule has 11 heavy (non-hydrogen) atoms. The van der Waals surface area contributed by atoms with Crippen LogP contribution in [0.2, 0.25) is 0 Å². The molecule has 0 bridgehead atoms. The largest absolute Gasteiger partial charge is 0.0654 e. The van der Waals surface area contributed by atoms with Crippen molar-refractivity contribution >= 4 is 0 Å². The first-order valence-electron chi connectivity index (χ1n) is 4.22. The van der Waals surface area contributed by atoms with Gasteiger partial charge in [-0.25, -0.2) is 0 Å². The van der Waals surface area contributed by atoms with Crippen LogP contribution in [0.4, 0.5) is 0 Å². The van der Waals surface area contributed by atoms with Gasteiger partial charge in [-0.15, -0.1) is 0 Å². The smallest absolute Gasteiger partial charge is 0.00109 e. The molecule has 0 aromatic heterocycles. The van der Waals surface area contributed by atoms with E-state index in [0.29, 0.717) is 0 Å². The molecule has 1 aromatic carbocycles. The van der Waals surface area contributed by atoms with Gasteiger partial charge in [0.25, 0.3) is 0 Å². The molecule has 0 amide bonds. The lowest BCUT2D eigenvalue weighted by Crippen LogP contribution is -1.84. The second-order valence-corrected chi connectivity index (χ2v) is 2.71. The third-order valence-corrected chi connectivity index (χ3v) is 1.71. The van der Waals surface area contributed by atoms with Gasteiger partial charge in [-0.3, -0.25) is 0 Å². The SMILES string of the molecule is CCCCCc1[c][c][c]cc1. The third kappa shape index (κ3) is 3.22. The Kier molecular flexibility index (Phi) is 3.74. The van der Waals surface area contributed by atoms with Crippen LogP contribution >= 0.6 is 0 Å². The van der Waals surface area contributed by atoms with Gasteiger partial charge in [0.1, 0.15) is 0 Å². The van der Waals surface area contributed by atoms with Gasteiger partial charge >= 0.3 is 0 Å². The Morgan fingerprint density at radius 1 is 1.36 bits per heavy atom. The Labute approximate surface area is 69.3 Å². The summed E-state index contributed by atoms with van der Waals surface area (Å²) in [6, 6.07) is 12.7. The van der Waals surface area contributed by atoms with Gasteiger partial charge in [-0.1, -0.05) is 31.9 Å². The summed E-state index contributed by atoms with van der Waals surface area (Å²) >= 11 is 0. The van der Waals surface area contributed by atoms with E-state index in [2.05, 4.69) is 31.2 Å². The predicted molar refractivity (Wildman–Crippen MR) is 46.2 cm³/mol. The topological polar surface area (TPSA) is 0 Å². The number of benzene rings is 1. The molecule has 0 unspecified atom stereocenters. The minimum Gasteiger partial charge on any atom is -0.0654 e. The molecular weight excluding hydrogens is 132 g/mol. The van der Waals surface area contributed by atoms with E-state index < -0.39 is 0 Å². The molecule has 0 aliphatic heterocycles. The van der Waals surface area contributed by atoms with E-state index in [1.54, 1.807) is 0 Å². The maximum atomic E-state index is 3.05. The lowest BCUT2D eigenvalue weighted by atomic mass is 10.1. The lowest BCUT2D eigenvalue weighted by molar-refractivity contribution is 0.717. The van der Waals surface area contributed by atoms with Crippen LogP contribution in [0.5, 0.6) is 0 Å². The Morgan fingerprint density at radius 3 is 2.91 bits per heavy atom. The summed E-state index contributed by atoms with van der Waals surface area (Å²) in [6.45, 7) is 2.22. The third-order valence-electron chi connectivity index (χ3n) is 1.71. The summed E-state index contributed by atoms with van der Waals surface area (Å²) in [6.07, 6.45) is 5.00. The predicted octanol–water partition coefficient (Wildman–Crippen LogP) is 2.82. The number of hydrogen-bond acceptors (Lipinski definition) is 0. The number of hydrogen-bond donors (Lipinski definition) is 0. The summed E-state index contributed by atoms with van der Waals surface area (Å²) in [5.74, 6) is 0. The van der Waals surface area contributed by atoms with Gasteiger partial charge in [-0.05, 0) is 36.6 Å². The Bertz CT molecular complexity index is 176. The van der Waals surface area contributed by atoms with Crippen molar-refractivity contribution in [3.05, 3.63) is 35.9 Å². The zero-order valence-corrected chi connectivity index (χ0v) is 6.98. The molecule has 0 heteroatoms. The van der Waals surface area contributed by atoms with Crippen LogP contribution in [0.15, 0.2) is 12.1 Å². The summed E-state index contributed by atoms with van der Waals surface area (Å²) in [7, 11) is 0. The number of rotatable bonds is 4. The zero-order chi connectivity index (χ0) is 7.94. The highest BCUT2D eigenvalue weighted by molar-refractivity contribution is 5.10. The Hall–Kier alpha value is -0.780. The van der Waals surface area contributed by atoms with Crippen LogP contribution in [0, 0.1) is 18.2 Å². The minimum atomic E-state index is 1.14. The molecule has 0 saturated carbocycles. The van der Waals surface area contributed by atoms with Crippen molar-refractivity contribution in [2.45, 2.75) is 32.6 Å². The van der Waals surface area contributed by atoms with Crippen LogP contribution in [0.1, 0.15) is 31.7 Å². The highest BCUT2D eigenvalue weighted by atomic mass is 13.9. The molecule has 0 aliphatic rings. The summed E-state index contributed by atoms with van der Waals surface area (Å²) in [4.78, 5) is 0. The maximum absolute atomic E-state index is 3.05. The summed E-state index contributed by atoms with van der Waals surface area (Å²) in [5.41, 5.74) is 1.26. The standard InChI is InChI=1S/C11H13/c1-2-3-5-8-11-9-6-4-7-10-11/h6,9H,2-3,5,8H2,1H3. The van der Waals surface area contributed by atoms with Gasteiger partial charge in [0, 0.05) is 0 Å². The van der Waals surface area contributed by atoms with Crippen molar-refractivity contribution in [3.8, 4) is 0 Å². The van der Waals surface area contributed by atoms with Crippen LogP contribution in [-0.2, 0) is 6.42 Å². The van der Waals surface area contributed by atoms with Gasteiger partial charge in [-0.2, -0.15) is 0 Å². The van der Waals surface area contributed by atoms with Gasteiger partial charge < -0.3 is 0 Å². The fourth-order valence-corrected chi connectivity index (χ4v) is 1.05. The van der Waals surface area contributed by atoms with Crippen LogP contribution < -0.4 is 0 Å². The van der Waals surface area contributed by atoms with Crippen molar-refractivity contribution in [1.82, 2.24) is 0 Å². The second-order valence-electron chi connectivity index (χ2n) is 2.71. The van der Waals surface area contributed by atoms with Crippen LogP contribution in [0.3, 0.4) is 0 Å². The first-order chi connectivity index (χ1) is 5.43. The Morgan fingerprint density at radius 2 is 2.27 bits per heavy atom. The lowest BCUT2D eigenvalue weighted by Gasteiger charge is -1.97. The van der Waals surface area contributed by atoms with Crippen molar-refractivity contribution in [3.63, 3.8) is 0 Å². The second kappa shape index (κ2) is 4.95. The van der Waals surface area contributed by atoms with Crippen LogP contribution in [-0.4, -0.2) is 0 Å². The number of aryl methyl sites for hydroxylation is 1. The highest BCUT2D eigenvalue weighted by Crippen LogP contribution is 2.04. The zero-order valence-electron chi connectivity index (χ0n) is 6.98. The molecule has 0 fully saturated rings. The first-order valence-corrected chi connectivity index (χ1v) is 4.22. The monoisotopic (exact) mass is 145 g/mol. The van der Waals surface area contributed by atoms with E-state index >= 15 is 0 Å². The number of unbranched alkanes of at least 4 members (excludes halogenated alkanes) is 2. The molecule has 1 rings (SSSR count). The van der Waals surface area contributed by atoms with E-state index in [1.807, 2.05) is 6.07 Å². The van der Waals surface area contributed by atoms with E-state index in [9.17, 15) is 0 Å². The summed E-state index contributed by atoms with van der Waals surface area (Å²) in [5, 5.41) is 0. The normalized spacial score (nSPS) is 9.91. The van der Waals surface area contributed by atoms with E-state index in [4.69, 9.17) is 0 Å². The van der Waals surface area contributed by atoms with E-state index in [1.165, 1.54) is 24.8 Å². The highest BCUT2D eigenvalue weighted by Gasteiger charge is 1.90. The van der Waals surface area contributed by atoms with Gasteiger partial charge in [0.15, 0.2) is 0 Å². The average molecular weight is 145 g/mol. The molecular formula is C11H13. The average Bonchev–Trinajstić information content (AvgIpc) is 2.07. The maximum Gasteiger partial charge on any atom is -0.00109 e. The van der Waals surface area contributed by atoms with Crippen molar-refractivity contribution in [2.75, 3.05) is 0 Å². The molecule has 57 valence electrons. The first kappa shape index (κ1) is 8.32. The fraction of sp³-hybridized carbons (Fsp3) is 0.455. The molecule has 0 aliphatic carbocycles. The molecule has 0 nitrogen and oxygen atoms in total. The summed E-state index contributed by atoms with van der Waals surface area (Å²) < 4.78 is 0. The molecule has 0 saturated heterocycles. The van der Waals surface area contributed by atoms with Crippen molar-refractivity contribution < 1.29 is 0 Å². The Balaban J connectivity index is 2.28. The van der Waals surface area contributed by atoms with E-state index in [0.717, 1.165) is 6.42 Å². The molecule has 3 radical (unpaired) electrons. The van der Waals surface area contributed by atoms with Crippen LogP contribution in [0.25, 0.3) is 0 Å². The van der Waals surface area contributed by atoms with Crippen molar-refractivity contribution in [1.29, 1.82) is 0 Å². The van der Waals surface area contributed by atoms with Gasteiger partial charge in [0.2, 0.25) is 0 Å². The molecule has 1 aromatic rings. The fourth-order valence-electron chi connectivity index (χ4n) is 1.05. The molecule has 0 atom stereocenters. The van der Waals surface area contributed by atoms with Crippen molar-refractivity contribution in [2.24, 2.45) is 0 Å². The molecule has 0 heterocycles. The minimum absolute atomic E-state index is 1.14. The quantitative estimate of drug-likeness (QED) is 0.571. The van der Waals surface area contributed by atoms with Gasteiger partial charge in [0.05, 0.1) is 0 Å². The van der Waals surface area contributed by atoms with E-state index in [-0.39, 0.29) is 0 Å². The molecule has 0 spiro atoms.